The Balaban J connectivity index is 1.33. The molecule has 5 rings (SSSR count). The number of aromatic nitrogens is 4. The van der Waals surface area contributed by atoms with Crippen LogP contribution >= 0.6 is 0 Å². The van der Waals surface area contributed by atoms with E-state index in [-0.39, 0.29) is 35.0 Å². The Morgan fingerprint density at radius 1 is 1.02 bits per heavy atom. The molecule has 2 fully saturated rings. The van der Waals surface area contributed by atoms with Crippen molar-refractivity contribution in [2.75, 3.05) is 18.4 Å². The Kier molecular flexibility index (Phi) is 7.61. The first kappa shape index (κ1) is 27.7. The number of carbonyl (C=O) groups excluding carboxylic acids is 2. The number of nitrogens with zero attached hydrogens (tertiary/aromatic N) is 5. The minimum Gasteiger partial charge on any atom is -0.444 e. The highest BCUT2D eigenvalue weighted by Gasteiger charge is 2.28. The number of carbonyl (C=O) groups is 2. The van der Waals surface area contributed by atoms with Crippen LogP contribution < -0.4 is 10.9 Å². The molecule has 2 aliphatic rings. The summed E-state index contributed by atoms with van der Waals surface area (Å²) in [5.74, 6) is 0.401. The molecular formula is C30H38N6O4. The minimum atomic E-state index is -0.503. The number of ketones is 1. The number of anilines is 2. The molecule has 1 N–H and O–H groups in total. The van der Waals surface area contributed by atoms with Gasteiger partial charge in [-0.3, -0.25) is 19.1 Å². The van der Waals surface area contributed by atoms with Gasteiger partial charge in [0, 0.05) is 42.3 Å². The lowest BCUT2D eigenvalue weighted by atomic mass is 9.93. The molecule has 0 aromatic carbocycles. The largest absolute Gasteiger partial charge is 0.444 e. The molecular weight excluding hydrogens is 508 g/mol. The van der Waals surface area contributed by atoms with Gasteiger partial charge in [-0.25, -0.2) is 9.78 Å². The lowest BCUT2D eigenvalue weighted by molar-refractivity contribution is 0.0204. The van der Waals surface area contributed by atoms with Gasteiger partial charge in [0.25, 0.3) is 5.56 Å². The SMILES string of the molecule is CC(=O)c1c(C)c2cnc(Nc3ccc(C4CCN(C(=O)OC(C)(C)C)CC4)nc3)nc2n(C2CCCC2)c1=O. The van der Waals surface area contributed by atoms with Crippen LogP contribution in [0.15, 0.2) is 29.3 Å². The maximum Gasteiger partial charge on any atom is 0.410 e. The van der Waals surface area contributed by atoms with Crippen LogP contribution in [0, 0.1) is 6.92 Å². The molecule has 0 atom stereocenters. The smallest absolute Gasteiger partial charge is 0.410 e. The summed E-state index contributed by atoms with van der Waals surface area (Å²) in [6.07, 6.45) is 8.73. The van der Waals surface area contributed by atoms with Crippen LogP contribution in [0.4, 0.5) is 16.4 Å². The third-order valence-electron chi connectivity index (χ3n) is 7.86. The zero-order valence-electron chi connectivity index (χ0n) is 24.0. The number of fused-ring (bicyclic) bond motifs is 1. The van der Waals surface area contributed by atoms with Crippen LogP contribution in [-0.2, 0) is 4.74 Å². The van der Waals surface area contributed by atoms with Gasteiger partial charge in [-0.05, 0) is 78.0 Å². The van der Waals surface area contributed by atoms with Crippen molar-refractivity contribution >= 4 is 34.5 Å². The maximum absolute atomic E-state index is 13.4. The van der Waals surface area contributed by atoms with Crippen molar-refractivity contribution in [3.8, 4) is 0 Å². The topological polar surface area (TPSA) is 119 Å². The van der Waals surface area contributed by atoms with Crippen molar-refractivity contribution in [3.05, 3.63) is 51.7 Å². The number of amides is 1. The molecule has 3 aromatic rings. The third-order valence-corrected chi connectivity index (χ3v) is 7.86. The zero-order valence-corrected chi connectivity index (χ0v) is 24.0. The first-order chi connectivity index (χ1) is 19.0. The van der Waals surface area contributed by atoms with Crippen LogP contribution in [0.25, 0.3) is 11.0 Å². The average Bonchev–Trinajstić information content (AvgIpc) is 3.42. The van der Waals surface area contributed by atoms with Gasteiger partial charge in [-0.15, -0.1) is 0 Å². The van der Waals surface area contributed by atoms with Gasteiger partial charge in [0.1, 0.15) is 11.2 Å². The highest BCUT2D eigenvalue weighted by atomic mass is 16.6. The molecule has 10 nitrogen and oxygen atoms in total. The van der Waals surface area contributed by atoms with Gasteiger partial charge in [0.15, 0.2) is 5.78 Å². The summed E-state index contributed by atoms with van der Waals surface area (Å²) in [6.45, 7) is 10.1. The summed E-state index contributed by atoms with van der Waals surface area (Å²) >= 11 is 0. The molecule has 212 valence electrons. The number of hydrogen-bond acceptors (Lipinski definition) is 8. The van der Waals surface area contributed by atoms with Gasteiger partial charge in [0.2, 0.25) is 5.95 Å². The number of rotatable bonds is 5. The van der Waals surface area contributed by atoms with Crippen LogP contribution in [0.2, 0.25) is 0 Å². The van der Waals surface area contributed by atoms with Gasteiger partial charge in [-0.2, -0.15) is 4.98 Å². The van der Waals surface area contributed by atoms with Gasteiger partial charge in [0.05, 0.1) is 17.4 Å². The third kappa shape index (κ3) is 5.71. The molecule has 0 bridgehead atoms. The molecule has 4 heterocycles. The number of ether oxygens (including phenoxy) is 1. The Labute approximate surface area is 234 Å². The Bertz CT molecular complexity index is 1480. The van der Waals surface area contributed by atoms with Crippen molar-refractivity contribution in [2.45, 2.75) is 90.7 Å². The second kappa shape index (κ2) is 11.0. The fourth-order valence-corrected chi connectivity index (χ4v) is 5.84. The highest BCUT2D eigenvalue weighted by Crippen LogP contribution is 2.32. The van der Waals surface area contributed by atoms with E-state index in [0.717, 1.165) is 49.9 Å². The summed E-state index contributed by atoms with van der Waals surface area (Å²) in [7, 11) is 0. The molecule has 0 spiro atoms. The summed E-state index contributed by atoms with van der Waals surface area (Å²) in [4.78, 5) is 53.8. The molecule has 40 heavy (non-hydrogen) atoms. The predicted octanol–water partition coefficient (Wildman–Crippen LogP) is 5.67. The van der Waals surface area contributed by atoms with Crippen molar-refractivity contribution < 1.29 is 14.3 Å². The first-order valence-corrected chi connectivity index (χ1v) is 14.2. The molecule has 0 radical (unpaired) electrons. The van der Waals surface area contributed by atoms with Crippen LogP contribution in [0.1, 0.15) is 99.8 Å². The van der Waals surface area contributed by atoms with E-state index in [9.17, 15) is 14.4 Å². The molecule has 1 aliphatic carbocycles. The lowest BCUT2D eigenvalue weighted by Gasteiger charge is -2.33. The van der Waals surface area contributed by atoms with E-state index in [4.69, 9.17) is 9.72 Å². The van der Waals surface area contributed by atoms with Gasteiger partial charge >= 0.3 is 6.09 Å². The van der Waals surface area contributed by atoms with E-state index in [1.807, 2.05) is 32.9 Å². The molecule has 1 amide bonds. The van der Waals surface area contributed by atoms with Gasteiger partial charge in [-0.1, -0.05) is 12.8 Å². The Hall–Kier alpha value is -3.82. The van der Waals surface area contributed by atoms with E-state index in [1.54, 1.807) is 28.8 Å². The highest BCUT2D eigenvalue weighted by molar-refractivity contribution is 5.99. The van der Waals surface area contributed by atoms with Crippen LogP contribution in [0.3, 0.4) is 0 Å². The minimum absolute atomic E-state index is 0.0270. The van der Waals surface area contributed by atoms with E-state index >= 15 is 0 Å². The second-order valence-electron chi connectivity index (χ2n) is 11.9. The second-order valence-corrected chi connectivity index (χ2v) is 11.9. The average molecular weight is 547 g/mol. The first-order valence-electron chi connectivity index (χ1n) is 14.2. The summed E-state index contributed by atoms with van der Waals surface area (Å²) < 4.78 is 7.21. The molecule has 1 saturated heterocycles. The normalized spacial score (nSPS) is 16.9. The number of nitrogens with one attached hydrogen (secondary N) is 1. The number of Topliss-reactive ketones (excluding diaryl/α,β-unsaturated/α-hetero) is 1. The van der Waals surface area contributed by atoms with E-state index < -0.39 is 5.60 Å². The van der Waals surface area contributed by atoms with Crippen molar-refractivity contribution in [1.29, 1.82) is 0 Å². The van der Waals surface area contributed by atoms with E-state index in [1.165, 1.54) is 6.92 Å². The molecule has 1 aliphatic heterocycles. The number of piperidine rings is 1. The number of hydrogen-bond donors (Lipinski definition) is 1. The van der Waals surface area contributed by atoms with Crippen molar-refractivity contribution in [3.63, 3.8) is 0 Å². The van der Waals surface area contributed by atoms with Gasteiger partial charge < -0.3 is 15.0 Å². The summed E-state index contributed by atoms with van der Waals surface area (Å²) in [5.41, 5.74) is 2.35. The zero-order chi connectivity index (χ0) is 28.6. The van der Waals surface area contributed by atoms with Crippen molar-refractivity contribution in [1.82, 2.24) is 24.4 Å². The standard InChI is InChI=1S/C30H38N6O4/c1-18-23-17-32-28(34-26(23)36(22-8-6-7-9-22)27(38)25(18)19(2)37)33-21-10-11-24(31-16-21)20-12-14-35(15-13-20)29(39)40-30(3,4)5/h10-11,16-17,20,22H,6-9,12-15H2,1-5H3,(H,32,33,34). The maximum atomic E-state index is 13.4. The van der Waals surface area contributed by atoms with Crippen LogP contribution in [-0.4, -0.2) is 55.0 Å². The summed E-state index contributed by atoms with van der Waals surface area (Å²) in [6, 6.07) is 3.97. The van der Waals surface area contributed by atoms with E-state index in [0.29, 0.717) is 35.6 Å². The Morgan fingerprint density at radius 3 is 2.33 bits per heavy atom. The predicted molar refractivity (Wildman–Crippen MR) is 153 cm³/mol. The quantitative estimate of drug-likeness (QED) is 0.407. The number of aryl methyl sites for hydroxylation is 1. The molecule has 0 unspecified atom stereocenters. The summed E-state index contributed by atoms with van der Waals surface area (Å²) in [5, 5.41) is 3.94. The number of pyridine rings is 2. The monoisotopic (exact) mass is 546 g/mol. The van der Waals surface area contributed by atoms with Crippen LogP contribution in [0.5, 0.6) is 0 Å². The molecule has 10 heteroatoms. The van der Waals surface area contributed by atoms with Crippen molar-refractivity contribution in [2.24, 2.45) is 0 Å². The number of likely N-dealkylation sites (tertiary alicyclic amines) is 1. The molecule has 3 aromatic heterocycles. The fraction of sp³-hybridized carbons (Fsp3) is 0.533. The fourth-order valence-electron chi connectivity index (χ4n) is 5.84. The molecule has 1 saturated carbocycles. The Morgan fingerprint density at radius 2 is 1.73 bits per heavy atom. The lowest BCUT2D eigenvalue weighted by Crippen LogP contribution is -2.41. The van der Waals surface area contributed by atoms with E-state index in [2.05, 4.69) is 15.3 Å².